The van der Waals surface area contributed by atoms with E-state index in [1.54, 1.807) is 6.07 Å². The highest BCUT2D eigenvalue weighted by atomic mass is 16.6. The second-order valence-electron chi connectivity index (χ2n) is 4.67. The molecule has 2 rings (SSSR count). The van der Waals surface area contributed by atoms with Crippen LogP contribution >= 0.6 is 0 Å². The van der Waals surface area contributed by atoms with E-state index < -0.39 is 10.9 Å². The third-order valence-corrected chi connectivity index (χ3v) is 3.30. The van der Waals surface area contributed by atoms with Crippen molar-refractivity contribution in [2.45, 2.75) is 19.3 Å². The van der Waals surface area contributed by atoms with Crippen molar-refractivity contribution in [3.05, 3.63) is 28.6 Å². The van der Waals surface area contributed by atoms with Crippen LogP contribution in [0.5, 0.6) is 0 Å². The summed E-state index contributed by atoms with van der Waals surface area (Å²) in [6.45, 7) is 1.25. The number of carboxylic acids is 1. The fraction of sp³-hybridized carbons (Fsp3) is 0.500. The second-order valence-corrected chi connectivity index (χ2v) is 4.67. The van der Waals surface area contributed by atoms with Gasteiger partial charge in [-0.2, -0.15) is 0 Å². The predicted molar refractivity (Wildman–Crippen MR) is 68.1 cm³/mol. The third-order valence-electron chi connectivity index (χ3n) is 3.30. The average Bonchev–Trinajstić information content (AvgIpc) is 2.38. The molecule has 1 saturated heterocycles. The van der Waals surface area contributed by atoms with Gasteiger partial charge >= 0.3 is 11.7 Å². The molecule has 0 aliphatic carbocycles. The average molecular weight is 265 g/mol. The van der Waals surface area contributed by atoms with Gasteiger partial charge in [-0.1, -0.05) is 0 Å². The first-order valence-electron chi connectivity index (χ1n) is 6.13. The van der Waals surface area contributed by atoms with E-state index in [1.807, 2.05) is 4.90 Å². The molecule has 1 unspecified atom stereocenters. The molecule has 19 heavy (non-hydrogen) atoms. The van der Waals surface area contributed by atoms with Crippen LogP contribution in [0.25, 0.3) is 0 Å². The summed E-state index contributed by atoms with van der Waals surface area (Å²) < 4.78 is 0. The number of carbonyl (C=O) groups is 1. The van der Waals surface area contributed by atoms with Gasteiger partial charge in [-0.3, -0.25) is 19.9 Å². The number of anilines is 1. The lowest BCUT2D eigenvalue weighted by molar-refractivity contribution is -0.384. The summed E-state index contributed by atoms with van der Waals surface area (Å²) in [6.07, 6.45) is 4.55. The van der Waals surface area contributed by atoms with Gasteiger partial charge in [0.2, 0.25) is 0 Å². The summed E-state index contributed by atoms with van der Waals surface area (Å²) in [7, 11) is 0. The normalized spacial score (nSPS) is 19.2. The van der Waals surface area contributed by atoms with Gasteiger partial charge in [-0.15, -0.1) is 0 Å². The zero-order valence-electron chi connectivity index (χ0n) is 10.4. The smallest absolute Gasteiger partial charge is 0.310 e. The standard InChI is InChI=1S/C12H15N3O4/c16-12(17)6-9-2-1-5-14(8-9)10-3-4-13-7-11(10)15(18)19/h3-4,7,9H,1-2,5-6,8H2,(H,16,17). The Morgan fingerprint density at radius 2 is 2.42 bits per heavy atom. The molecule has 7 heteroatoms. The molecule has 0 saturated carbocycles. The zero-order valence-corrected chi connectivity index (χ0v) is 10.4. The molecule has 1 atom stereocenters. The third kappa shape index (κ3) is 3.18. The Hall–Kier alpha value is -2.18. The molecule has 102 valence electrons. The van der Waals surface area contributed by atoms with E-state index in [1.165, 1.54) is 12.4 Å². The number of aromatic nitrogens is 1. The number of hydrogen-bond donors (Lipinski definition) is 1. The van der Waals surface area contributed by atoms with E-state index in [-0.39, 0.29) is 18.0 Å². The highest BCUT2D eigenvalue weighted by Gasteiger charge is 2.26. The van der Waals surface area contributed by atoms with Gasteiger partial charge in [0.1, 0.15) is 11.9 Å². The topological polar surface area (TPSA) is 96.6 Å². The summed E-state index contributed by atoms with van der Waals surface area (Å²) in [5.74, 6) is -0.782. The maximum Gasteiger partial charge on any atom is 0.310 e. The number of piperidine rings is 1. The minimum atomic E-state index is -0.823. The van der Waals surface area contributed by atoms with Crippen LogP contribution in [-0.4, -0.2) is 34.1 Å². The van der Waals surface area contributed by atoms with Crippen molar-refractivity contribution in [3.63, 3.8) is 0 Å². The predicted octanol–water partition coefficient (Wildman–Crippen LogP) is 1.68. The van der Waals surface area contributed by atoms with Crippen LogP contribution < -0.4 is 4.90 Å². The Morgan fingerprint density at radius 3 is 3.11 bits per heavy atom. The molecule has 1 aromatic heterocycles. The van der Waals surface area contributed by atoms with Crippen molar-refractivity contribution in [2.75, 3.05) is 18.0 Å². The number of carboxylic acid groups (broad SMARTS) is 1. The van der Waals surface area contributed by atoms with Crippen LogP contribution in [0.3, 0.4) is 0 Å². The number of hydrogen-bond acceptors (Lipinski definition) is 5. The maximum absolute atomic E-state index is 11.0. The van der Waals surface area contributed by atoms with Crippen LogP contribution in [0.2, 0.25) is 0 Å². The zero-order chi connectivity index (χ0) is 13.8. The summed E-state index contributed by atoms with van der Waals surface area (Å²) in [5, 5.41) is 19.8. The molecule has 1 fully saturated rings. The van der Waals surface area contributed by atoms with Crippen molar-refractivity contribution >= 4 is 17.3 Å². The van der Waals surface area contributed by atoms with Crippen LogP contribution in [0.1, 0.15) is 19.3 Å². The Balaban J connectivity index is 2.17. The van der Waals surface area contributed by atoms with Crippen LogP contribution in [0.4, 0.5) is 11.4 Å². The van der Waals surface area contributed by atoms with Gasteiger partial charge < -0.3 is 10.0 Å². The molecule has 0 radical (unpaired) electrons. The van der Waals surface area contributed by atoms with Crippen LogP contribution in [0, 0.1) is 16.0 Å². The molecule has 0 aromatic carbocycles. The first-order chi connectivity index (χ1) is 9.08. The van der Waals surface area contributed by atoms with Crippen molar-refractivity contribution in [2.24, 2.45) is 5.92 Å². The van der Waals surface area contributed by atoms with Crippen molar-refractivity contribution in [1.82, 2.24) is 4.98 Å². The van der Waals surface area contributed by atoms with E-state index in [0.29, 0.717) is 18.8 Å². The fourth-order valence-corrected chi connectivity index (χ4v) is 2.48. The largest absolute Gasteiger partial charge is 0.481 e. The van der Waals surface area contributed by atoms with E-state index in [9.17, 15) is 14.9 Å². The van der Waals surface area contributed by atoms with E-state index in [2.05, 4.69) is 4.98 Å². The van der Waals surface area contributed by atoms with Crippen LogP contribution in [0.15, 0.2) is 18.5 Å². The monoisotopic (exact) mass is 265 g/mol. The summed E-state index contributed by atoms with van der Waals surface area (Å²) in [6, 6.07) is 1.61. The van der Waals surface area contributed by atoms with Crippen molar-refractivity contribution in [1.29, 1.82) is 0 Å². The summed E-state index contributed by atoms with van der Waals surface area (Å²) >= 11 is 0. The van der Waals surface area contributed by atoms with Gasteiger partial charge in [-0.25, -0.2) is 0 Å². The lowest BCUT2D eigenvalue weighted by atomic mass is 9.94. The molecule has 1 aliphatic rings. The van der Waals surface area contributed by atoms with Gasteiger partial charge in [0.05, 0.1) is 4.92 Å². The molecule has 0 spiro atoms. The van der Waals surface area contributed by atoms with Crippen molar-refractivity contribution in [3.8, 4) is 0 Å². The maximum atomic E-state index is 11.0. The summed E-state index contributed by atoms with van der Waals surface area (Å²) in [5.41, 5.74) is 0.494. The molecule has 2 heterocycles. The molecular weight excluding hydrogens is 250 g/mol. The first-order valence-corrected chi connectivity index (χ1v) is 6.13. The van der Waals surface area contributed by atoms with E-state index in [4.69, 9.17) is 5.11 Å². The number of nitrogens with zero attached hydrogens (tertiary/aromatic N) is 3. The van der Waals surface area contributed by atoms with Crippen LogP contribution in [-0.2, 0) is 4.79 Å². The molecule has 0 amide bonds. The van der Waals surface area contributed by atoms with E-state index >= 15 is 0 Å². The fourth-order valence-electron chi connectivity index (χ4n) is 2.48. The number of rotatable bonds is 4. The second kappa shape index (κ2) is 5.64. The minimum Gasteiger partial charge on any atom is -0.481 e. The summed E-state index contributed by atoms with van der Waals surface area (Å²) in [4.78, 5) is 26.9. The highest BCUT2D eigenvalue weighted by Crippen LogP contribution is 2.31. The molecular formula is C12H15N3O4. The lowest BCUT2D eigenvalue weighted by Crippen LogP contribution is -2.36. The molecule has 1 aromatic rings. The van der Waals surface area contributed by atoms with Gasteiger partial charge in [-0.05, 0) is 24.8 Å². The first kappa shape index (κ1) is 13.3. The number of pyridine rings is 1. The van der Waals surface area contributed by atoms with Crippen molar-refractivity contribution < 1.29 is 14.8 Å². The molecule has 1 aliphatic heterocycles. The Kier molecular flexibility index (Phi) is 3.94. The Bertz CT molecular complexity index is 492. The number of aliphatic carboxylic acids is 1. The SMILES string of the molecule is O=C(O)CC1CCCN(c2ccncc2[N+](=O)[O-])C1. The highest BCUT2D eigenvalue weighted by molar-refractivity contribution is 5.67. The Morgan fingerprint density at radius 1 is 1.63 bits per heavy atom. The Labute approximate surface area is 110 Å². The molecule has 0 bridgehead atoms. The van der Waals surface area contributed by atoms with Gasteiger partial charge in [0.25, 0.3) is 0 Å². The van der Waals surface area contributed by atoms with E-state index in [0.717, 1.165) is 12.8 Å². The quantitative estimate of drug-likeness (QED) is 0.657. The minimum absolute atomic E-state index is 0.0292. The van der Waals surface area contributed by atoms with Gasteiger partial charge in [0.15, 0.2) is 0 Å². The van der Waals surface area contributed by atoms with Gasteiger partial charge in [0, 0.05) is 25.7 Å². The number of nitro groups is 1. The molecule has 7 nitrogen and oxygen atoms in total. The lowest BCUT2D eigenvalue weighted by Gasteiger charge is -2.33. The molecule has 1 N–H and O–H groups in total.